The highest BCUT2D eigenvalue weighted by molar-refractivity contribution is 7.27. The van der Waals surface area contributed by atoms with Crippen LogP contribution in [0.1, 0.15) is 0 Å². The molecule has 0 spiro atoms. The van der Waals surface area contributed by atoms with Crippen LogP contribution in [0.3, 0.4) is 0 Å². The van der Waals surface area contributed by atoms with E-state index in [9.17, 15) is 0 Å². The predicted molar refractivity (Wildman–Crippen MR) is 184 cm³/mol. The average Bonchev–Trinajstić information content (AvgIpc) is 3.09. The summed E-state index contributed by atoms with van der Waals surface area (Å²) >= 11 is 0. The monoisotopic (exact) mass is 585 g/mol. The van der Waals surface area contributed by atoms with Crippen molar-refractivity contribution in [2.24, 2.45) is 0 Å². The molecule has 5 aromatic carbocycles. The maximum Gasteiger partial charge on any atom is 0.160 e. The van der Waals surface area contributed by atoms with Gasteiger partial charge < -0.3 is 5.73 Å². The molecule has 2 aromatic heterocycles. The van der Waals surface area contributed by atoms with Crippen LogP contribution in [-0.2, 0) is 0 Å². The third kappa shape index (κ3) is 5.87. The second kappa shape index (κ2) is 12.0. The summed E-state index contributed by atoms with van der Waals surface area (Å²) in [5, 5.41) is 1.16. The van der Waals surface area contributed by atoms with Gasteiger partial charge in [-0.3, -0.25) is 0 Å². The van der Waals surface area contributed by atoms with Crippen LogP contribution in [0.25, 0.3) is 67.3 Å². The van der Waals surface area contributed by atoms with Crippen molar-refractivity contribution in [2.45, 2.75) is 0 Å². The van der Waals surface area contributed by atoms with Gasteiger partial charge in [0.1, 0.15) is 6.33 Å². The van der Waals surface area contributed by atoms with E-state index in [0.717, 1.165) is 66.9 Å². The maximum atomic E-state index is 5.89. The van der Waals surface area contributed by atoms with Crippen molar-refractivity contribution in [3.63, 3.8) is 0 Å². The summed E-state index contributed by atoms with van der Waals surface area (Å²) in [6, 6.07) is 43.6. The van der Waals surface area contributed by atoms with Crippen molar-refractivity contribution in [3.05, 3.63) is 146 Å². The molecule has 0 aliphatic heterocycles. The standard InChI is InChI=1S/C38H28N5P/c39-34-16-12-27(13-17-34)25-4-8-29(9-5-25)36-21-37(30-10-6-26(7-11-30)28-14-18-35(44)19-15-28)43-38(42-36)32-3-1-2-31(20-32)33-22-40-24-41-23-33/h1-24H,39,44H2. The second-order valence-corrected chi connectivity index (χ2v) is 11.2. The minimum Gasteiger partial charge on any atom is -0.399 e. The third-order valence-corrected chi connectivity index (χ3v) is 7.98. The summed E-state index contributed by atoms with van der Waals surface area (Å²) < 4.78 is 0. The fourth-order valence-corrected chi connectivity index (χ4v) is 5.37. The zero-order valence-corrected chi connectivity index (χ0v) is 25.0. The van der Waals surface area contributed by atoms with Crippen molar-refractivity contribution in [1.82, 2.24) is 19.9 Å². The number of hydrogen-bond donors (Lipinski definition) is 1. The lowest BCUT2D eigenvalue weighted by atomic mass is 10.00. The van der Waals surface area contributed by atoms with Gasteiger partial charge in [-0.25, -0.2) is 19.9 Å². The predicted octanol–water partition coefficient (Wildman–Crippen LogP) is 8.35. The van der Waals surface area contributed by atoms with Crippen LogP contribution in [0, 0.1) is 0 Å². The highest BCUT2D eigenvalue weighted by atomic mass is 31.0. The van der Waals surface area contributed by atoms with Gasteiger partial charge in [-0.15, -0.1) is 9.24 Å². The number of anilines is 1. The summed E-state index contributed by atoms with van der Waals surface area (Å²) in [5.41, 5.74) is 17.8. The summed E-state index contributed by atoms with van der Waals surface area (Å²) in [7, 11) is 2.73. The normalized spacial score (nSPS) is 10.9. The number of benzene rings is 5. The Morgan fingerprint density at radius 1 is 0.432 bits per heavy atom. The van der Waals surface area contributed by atoms with Gasteiger partial charge in [-0.05, 0) is 57.4 Å². The SMILES string of the molecule is Nc1ccc(-c2ccc(-c3cc(-c4ccc(-c5ccc(P)cc5)cc4)nc(-c4cccc(-c5cncnc5)c4)n3)cc2)cc1. The van der Waals surface area contributed by atoms with E-state index < -0.39 is 0 Å². The second-order valence-electron chi connectivity index (χ2n) is 10.6. The van der Waals surface area contributed by atoms with Crippen molar-refractivity contribution in [1.29, 1.82) is 0 Å². The van der Waals surface area contributed by atoms with E-state index in [1.54, 1.807) is 0 Å². The van der Waals surface area contributed by atoms with Gasteiger partial charge in [0.05, 0.1) is 11.4 Å². The average molecular weight is 586 g/mol. The van der Waals surface area contributed by atoms with Crippen LogP contribution in [-0.4, -0.2) is 19.9 Å². The molecule has 1 atom stereocenters. The molecular formula is C38H28N5P. The summed E-state index contributed by atoms with van der Waals surface area (Å²) in [4.78, 5) is 18.5. The van der Waals surface area contributed by atoms with Gasteiger partial charge in [0, 0.05) is 40.3 Å². The smallest absolute Gasteiger partial charge is 0.160 e. The Hall–Kier alpha value is -5.51. The molecule has 2 N–H and O–H groups in total. The fourth-order valence-electron chi connectivity index (χ4n) is 5.18. The zero-order valence-electron chi connectivity index (χ0n) is 23.8. The van der Waals surface area contributed by atoms with Gasteiger partial charge in [0.2, 0.25) is 0 Å². The molecule has 7 rings (SSSR count). The molecule has 0 saturated carbocycles. The number of nitrogens with two attached hydrogens (primary N) is 1. The first-order valence-electron chi connectivity index (χ1n) is 14.3. The Labute approximate surface area is 258 Å². The van der Waals surface area contributed by atoms with Gasteiger partial charge in [-0.2, -0.15) is 0 Å². The van der Waals surface area contributed by atoms with Crippen molar-refractivity contribution in [3.8, 4) is 67.3 Å². The molecular weight excluding hydrogens is 557 g/mol. The molecule has 6 heteroatoms. The minimum atomic E-state index is 0.652. The molecule has 0 aliphatic carbocycles. The Morgan fingerprint density at radius 3 is 1.43 bits per heavy atom. The molecule has 5 nitrogen and oxygen atoms in total. The van der Waals surface area contributed by atoms with Gasteiger partial charge >= 0.3 is 0 Å². The van der Waals surface area contributed by atoms with Crippen molar-refractivity contribution >= 4 is 20.2 Å². The largest absolute Gasteiger partial charge is 0.399 e. The highest BCUT2D eigenvalue weighted by Crippen LogP contribution is 2.32. The summed E-state index contributed by atoms with van der Waals surface area (Å²) in [6.07, 6.45) is 5.16. The lowest BCUT2D eigenvalue weighted by Crippen LogP contribution is -1.96. The maximum absolute atomic E-state index is 5.89. The molecule has 2 heterocycles. The van der Waals surface area contributed by atoms with Crippen LogP contribution in [0.4, 0.5) is 5.69 Å². The number of aromatic nitrogens is 4. The lowest BCUT2D eigenvalue weighted by molar-refractivity contribution is 1.17. The number of nitrogens with zero attached hydrogens (tertiary/aromatic N) is 4. The number of hydrogen-bond acceptors (Lipinski definition) is 5. The van der Waals surface area contributed by atoms with Crippen LogP contribution in [0.2, 0.25) is 0 Å². The van der Waals surface area contributed by atoms with Crippen LogP contribution in [0.15, 0.2) is 146 Å². The fraction of sp³-hybridized carbons (Fsp3) is 0. The lowest BCUT2D eigenvalue weighted by Gasteiger charge is -2.11. The van der Waals surface area contributed by atoms with Crippen LogP contribution < -0.4 is 11.0 Å². The quantitative estimate of drug-likeness (QED) is 0.157. The van der Waals surface area contributed by atoms with E-state index in [4.69, 9.17) is 15.7 Å². The first kappa shape index (κ1) is 27.3. The van der Waals surface area contributed by atoms with Crippen LogP contribution >= 0.6 is 9.24 Å². The number of rotatable bonds is 6. The molecule has 44 heavy (non-hydrogen) atoms. The first-order chi connectivity index (χ1) is 21.6. The zero-order chi connectivity index (χ0) is 29.9. The molecule has 0 amide bonds. The number of nitrogen functional groups attached to an aromatic ring is 1. The van der Waals surface area contributed by atoms with E-state index in [1.165, 1.54) is 11.9 Å². The van der Waals surface area contributed by atoms with E-state index in [1.807, 2.05) is 54.9 Å². The molecule has 1 unspecified atom stereocenters. The topological polar surface area (TPSA) is 77.6 Å². The van der Waals surface area contributed by atoms with Gasteiger partial charge in [0.25, 0.3) is 0 Å². The van der Waals surface area contributed by atoms with Crippen LogP contribution in [0.5, 0.6) is 0 Å². The third-order valence-electron chi connectivity index (χ3n) is 7.59. The molecule has 0 aliphatic rings. The summed E-state index contributed by atoms with van der Waals surface area (Å²) in [6.45, 7) is 0. The molecule has 7 aromatic rings. The molecule has 0 bridgehead atoms. The molecule has 0 saturated heterocycles. The minimum absolute atomic E-state index is 0.652. The van der Waals surface area contributed by atoms with E-state index in [2.05, 4.69) is 104 Å². The molecule has 0 radical (unpaired) electrons. The Balaban J connectivity index is 1.30. The Kier molecular flexibility index (Phi) is 7.46. The van der Waals surface area contributed by atoms with E-state index >= 15 is 0 Å². The van der Waals surface area contributed by atoms with Gasteiger partial charge in [0.15, 0.2) is 5.82 Å². The van der Waals surface area contributed by atoms with Crippen molar-refractivity contribution < 1.29 is 0 Å². The van der Waals surface area contributed by atoms with Gasteiger partial charge in [-0.1, -0.05) is 103 Å². The molecule has 0 fully saturated rings. The first-order valence-corrected chi connectivity index (χ1v) is 14.8. The summed E-state index contributed by atoms with van der Waals surface area (Å²) in [5.74, 6) is 0.652. The highest BCUT2D eigenvalue weighted by Gasteiger charge is 2.13. The van der Waals surface area contributed by atoms with E-state index in [0.29, 0.717) is 5.82 Å². The molecule has 210 valence electrons. The Bertz CT molecular complexity index is 1930. The van der Waals surface area contributed by atoms with Crippen molar-refractivity contribution in [2.75, 3.05) is 5.73 Å². The Morgan fingerprint density at radius 2 is 0.886 bits per heavy atom. The van der Waals surface area contributed by atoms with E-state index in [-0.39, 0.29) is 0 Å².